The molecule has 0 radical (unpaired) electrons. The number of para-hydroxylation sites is 1. The Kier molecular flexibility index (Phi) is 4.11. The summed E-state index contributed by atoms with van der Waals surface area (Å²) >= 11 is 0. The van der Waals surface area contributed by atoms with Crippen LogP contribution in [0.5, 0.6) is 5.75 Å². The van der Waals surface area contributed by atoms with E-state index in [1.165, 1.54) is 0 Å². The maximum atomic E-state index is 9.16. The van der Waals surface area contributed by atoms with Gasteiger partial charge in [-0.2, -0.15) is 5.26 Å². The predicted octanol–water partition coefficient (Wildman–Crippen LogP) is 3.32. The molecule has 2 rings (SSSR count). The largest absolute Gasteiger partial charge is 0.497 e. The van der Waals surface area contributed by atoms with Crippen LogP contribution in [-0.2, 0) is 0 Å². The van der Waals surface area contributed by atoms with Crippen molar-refractivity contribution in [2.75, 3.05) is 18.2 Å². The molecule has 0 amide bonds. The number of hydrogen-bond acceptors (Lipinski definition) is 4. The van der Waals surface area contributed by atoms with Crippen molar-refractivity contribution in [1.82, 2.24) is 0 Å². The summed E-state index contributed by atoms with van der Waals surface area (Å²) in [5.41, 5.74) is 9.02. The van der Waals surface area contributed by atoms with Crippen molar-refractivity contribution >= 4 is 11.4 Å². The van der Waals surface area contributed by atoms with Crippen molar-refractivity contribution < 1.29 is 4.74 Å². The third-order valence-corrected chi connectivity index (χ3v) is 3.18. The highest BCUT2D eigenvalue weighted by atomic mass is 16.5. The Labute approximate surface area is 118 Å². The summed E-state index contributed by atoms with van der Waals surface area (Å²) in [7, 11) is 1.60. The lowest BCUT2D eigenvalue weighted by Crippen LogP contribution is -2.10. The van der Waals surface area contributed by atoms with Gasteiger partial charge in [-0.3, -0.25) is 0 Å². The number of nitrogens with one attached hydrogen (secondary N) is 1. The van der Waals surface area contributed by atoms with Gasteiger partial charge >= 0.3 is 0 Å². The molecule has 0 aliphatic heterocycles. The van der Waals surface area contributed by atoms with Crippen molar-refractivity contribution in [3.8, 4) is 11.8 Å². The molecule has 1 atom stereocenters. The number of methoxy groups -OCH3 is 1. The monoisotopic (exact) mass is 267 g/mol. The number of nitrogens with zero attached hydrogens (tertiary/aromatic N) is 1. The van der Waals surface area contributed by atoms with E-state index in [0.717, 1.165) is 16.9 Å². The first-order chi connectivity index (χ1) is 9.65. The van der Waals surface area contributed by atoms with Gasteiger partial charge in [-0.15, -0.1) is 0 Å². The molecule has 0 saturated heterocycles. The number of hydrogen-bond donors (Lipinski definition) is 2. The van der Waals surface area contributed by atoms with Crippen LogP contribution in [0.15, 0.2) is 42.5 Å². The predicted molar refractivity (Wildman–Crippen MR) is 80.6 cm³/mol. The quantitative estimate of drug-likeness (QED) is 0.834. The Balaban J connectivity index is 2.30. The van der Waals surface area contributed by atoms with E-state index in [1.54, 1.807) is 19.2 Å². The third-order valence-electron chi connectivity index (χ3n) is 3.18. The Morgan fingerprint density at radius 1 is 1.25 bits per heavy atom. The fraction of sp³-hybridized carbons (Fsp3) is 0.188. The van der Waals surface area contributed by atoms with Crippen molar-refractivity contribution in [2.24, 2.45) is 0 Å². The third kappa shape index (κ3) is 2.83. The number of ether oxygens (including phenoxy) is 1. The highest BCUT2D eigenvalue weighted by Crippen LogP contribution is 2.28. The number of nitrogen functional groups attached to an aromatic ring is 1. The topological polar surface area (TPSA) is 71.1 Å². The summed E-state index contributed by atoms with van der Waals surface area (Å²) in [5.74, 6) is 0.708. The molecule has 4 nitrogen and oxygen atoms in total. The van der Waals surface area contributed by atoms with Gasteiger partial charge in [0.1, 0.15) is 11.8 Å². The van der Waals surface area contributed by atoms with Gasteiger partial charge in [-0.05, 0) is 30.7 Å². The molecule has 20 heavy (non-hydrogen) atoms. The van der Waals surface area contributed by atoms with Crippen LogP contribution in [0, 0.1) is 11.3 Å². The Morgan fingerprint density at radius 3 is 2.65 bits per heavy atom. The van der Waals surface area contributed by atoms with Crippen LogP contribution in [0.3, 0.4) is 0 Å². The van der Waals surface area contributed by atoms with E-state index in [2.05, 4.69) is 11.4 Å². The Bertz CT molecular complexity index is 646. The van der Waals surface area contributed by atoms with Gasteiger partial charge in [0.15, 0.2) is 0 Å². The minimum Gasteiger partial charge on any atom is -0.497 e. The molecule has 0 aliphatic rings. The zero-order chi connectivity index (χ0) is 14.5. The van der Waals surface area contributed by atoms with E-state index in [4.69, 9.17) is 15.7 Å². The summed E-state index contributed by atoms with van der Waals surface area (Å²) in [6, 6.07) is 15.2. The van der Waals surface area contributed by atoms with E-state index >= 15 is 0 Å². The van der Waals surface area contributed by atoms with Crippen LogP contribution < -0.4 is 15.8 Å². The van der Waals surface area contributed by atoms with Crippen LogP contribution >= 0.6 is 0 Å². The number of rotatable bonds is 4. The average Bonchev–Trinajstić information content (AvgIpc) is 2.47. The molecule has 2 aromatic rings. The molecular formula is C16H17N3O. The van der Waals surface area contributed by atoms with Crippen molar-refractivity contribution in [3.05, 3.63) is 53.6 Å². The van der Waals surface area contributed by atoms with Crippen molar-refractivity contribution in [3.63, 3.8) is 0 Å². The summed E-state index contributed by atoms with van der Waals surface area (Å²) in [5, 5.41) is 12.5. The van der Waals surface area contributed by atoms with Gasteiger partial charge in [0.05, 0.1) is 24.4 Å². The lowest BCUT2D eigenvalue weighted by Gasteiger charge is -2.18. The van der Waals surface area contributed by atoms with Gasteiger partial charge < -0.3 is 15.8 Å². The number of nitriles is 1. The van der Waals surface area contributed by atoms with E-state index in [-0.39, 0.29) is 6.04 Å². The van der Waals surface area contributed by atoms with Crippen LogP contribution in [0.2, 0.25) is 0 Å². The SMILES string of the molecule is COc1ccc(C#N)c(NC(C)c2ccccc2N)c1. The molecule has 0 aliphatic carbocycles. The smallest absolute Gasteiger partial charge is 0.121 e. The number of nitrogens with two attached hydrogens (primary N) is 1. The minimum absolute atomic E-state index is 0.00425. The normalized spacial score (nSPS) is 11.4. The molecule has 0 heterocycles. The molecule has 1 unspecified atom stereocenters. The number of benzene rings is 2. The van der Waals surface area contributed by atoms with Gasteiger partial charge in [-0.1, -0.05) is 18.2 Å². The van der Waals surface area contributed by atoms with E-state index < -0.39 is 0 Å². The first-order valence-electron chi connectivity index (χ1n) is 6.34. The maximum Gasteiger partial charge on any atom is 0.121 e. The number of anilines is 2. The molecule has 2 aromatic carbocycles. The van der Waals surface area contributed by atoms with Crippen LogP contribution in [-0.4, -0.2) is 7.11 Å². The zero-order valence-corrected chi connectivity index (χ0v) is 11.6. The second-order valence-corrected chi connectivity index (χ2v) is 4.52. The average molecular weight is 267 g/mol. The molecule has 0 aromatic heterocycles. The fourth-order valence-corrected chi connectivity index (χ4v) is 2.08. The molecule has 3 N–H and O–H groups in total. The van der Waals surface area contributed by atoms with E-state index in [1.807, 2.05) is 37.3 Å². The van der Waals surface area contributed by atoms with Crippen molar-refractivity contribution in [1.29, 1.82) is 5.26 Å². The van der Waals surface area contributed by atoms with Gasteiger partial charge in [0.2, 0.25) is 0 Å². The first kappa shape index (κ1) is 13.8. The Morgan fingerprint density at radius 2 is 2.00 bits per heavy atom. The van der Waals surface area contributed by atoms with Crippen molar-refractivity contribution in [2.45, 2.75) is 13.0 Å². The van der Waals surface area contributed by atoms with Gasteiger partial charge in [0.25, 0.3) is 0 Å². The first-order valence-corrected chi connectivity index (χ1v) is 6.34. The summed E-state index contributed by atoms with van der Waals surface area (Å²) < 4.78 is 5.19. The van der Waals surface area contributed by atoms with Gasteiger partial charge in [-0.25, -0.2) is 0 Å². The molecule has 102 valence electrons. The standard InChI is InChI=1S/C16H17N3O/c1-11(14-5-3-4-6-15(14)18)19-16-9-13(20-2)8-7-12(16)10-17/h3-9,11,19H,18H2,1-2H3. The Hall–Kier alpha value is -2.67. The highest BCUT2D eigenvalue weighted by molar-refractivity contribution is 5.62. The molecule has 0 fully saturated rings. The summed E-state index contributed by atoms with van der Waals surface area (Å²) in [6.07, 6.45) is 0. The minimum atomic E-state index is -0.00425. The van der Waals surface area contributed by atoms with Crippen LogP contribution in [0.4, 0.5) is 11.4 Å². The molecule has 0 spiro atoms. The molecule has 0 bridgehead atoms. The zero-order valence-electron chi connectivity index (χ0n) is 11.6. The lowest BCUT2D eigenvalue weighted by atomic mass is 10.1. The summed E-state index contributed by atoms with van der Waals surface area (Å²) in [6.45, 7) is 2.01. The second kappa shape index (κ2) is 5.98. The fourth-order valence-electron chi connectivity index (χ4n) is 2.08. The molecular weight excluding hydrogens is 250 g/mol. The summed E-state index contributed by atoms with van der Waals surface area (Å²) in [4.78, 5) is 0. The lowest BCUT2D eigenvalue weighted by molar-refractivity contribution is 0.415. The van der Waals surface area contributed by atoms with Crippen LogP contribution in [0.25, 0.3) is 0 Å². The van der Waals surface area contributed by atoms with Gasteiger partial charge in [0, 0.05) is 11.8 Å². The van der Waals surface area contributed by atoms with E-state index in [0.29, 0.717) is 11.3 Å². The maximum absolute atomic E-state index is 9.16. The molecule has 4 heteroatoms. The highest BCUT2D eigenvalue weighted by Gasteiger charge is 2.11. The second-order valence-electron chi connectivity index (χ2n) is 4.52. The van der Waals surface area contributed by atoms with Crippen LogP contribution in [0.1, 0.15) is 24.1 Å². The molecule has 0 saturated carbocycles. The van der Waals surface area contributed by atoms with E-state index in [9.17, 15) is 0 Å².